The zero-order valence-electron chi connectivity index (χ0n) is 16.8. The molecule has 0 unspecified atom stereocenters. The minimum absolute atomic E-state index is 0.00632. The minimum Gasteiger partial charge on any atom is -0.322 e. The maximum atomic E-state index is 12.8. The molecule has 0 saturated carbocycles. The van der Waals surface area contributed by atoms with Crippen molar-refractivity contribution < 1.29 is 22.9 Å². The fourth-order valence-electron chi connectivity index (χ4n) is 2.95. The molecule has 0 atom stereocenters. The molecule has 170 valence electrons. The molecule has 0 heterocycles. The minimum atomic E-state index is -3.74. The Morgan fingerprint density at radius 1 is 0.939 bits per heavy atom. The van der Waals surface area contributed by atoms with Gasteiger partial charge in [0.05, 0.1) is 32.5 Å². The monoisotopic (exact) mass is 488 g/mol. The maximum Gasteiger partial charge on any atom is 0.270 e. The fourth-order valence-corrected chi connectivity index (χ4v) is 3.86. The lowest BCUT2D eigenvalue weighted by Gasteiger charge is -2.12. The van der Waals surface area contributed by atoms with Crippen LogP contribution < -0.4 is 15.8 Å². The maximum absolute atomic E-state index is 12.8. The summed E-state index contributed by atoms with van der Waals surface area (Å²) < 4.78 is 22.6. The number of benzene rings is 3. The van der Waals surface area contributed by atoms with E-state index >= 15 is 0 Å². The van der Waals surface area contributed by atoms with Gasteiger partial charge in [0.1, 0.15) is 0 Å². The molecular formula is C21H17ClN4O6S. The Morgan fingerprint density at radius 3 is 2.30 bits per heavy atom. The van der Waals surface area contributed by atoms with E-state index in [1.165, 1.54) is 24.3 Å². The number of halogens is 1. The van der Waals surface area contributed by atoms with Gasteiger partial charge < -0.3 is 10.6 Å². The Labute approximate surface area is 193 Å². The molecule has 10 nitrogen and oxygen atoms in total. The molecular weight excluding hydrogens is 472 g/mol. The van der Waals surface area contributed by atoms with Gasteiger partial charge in [0.2, 0.25) is 10.0 Å². The number of nitro groups is 1. The van der Waals surface area contributed by atoms with Crippen molar-refractivity contribution in [2.45, 2.75) is 5.75 Å². The van der Waals surface area contributed by atoms with Crippen LogP contribution in [0.5, 0.6) is 0 Å². The number of nitro benzene ring substituents is 1. The van der Waals surface area contributed by atoms with Gasteiger partial charge in [0, 0.05) is 17.8 Å². The van der Waals surface area contributed by atoms with Gasteiger partial charge in [0.15, 0.2) is 0 Å². The number of non-ortho nitro benzene ring substituents is 1. The summed E-state index contributed by atoms with van der Waals surface area (Å²) in [5.41, 5.74) is 0.760. The van der Waals surface area contributed by atoms with Crippen LogP contribution in [-0.4, -0.2) is 25.2 Å². The van der Waals surface area contributed by atoms with Crippen molar-refractivity contribution in [3.8, 4) is 0 Å². The average Bonchev–Trinajstić information content (AvgIpc) is 2.72. The Kier molecular flexibility index (Phi) is 7.07. The van der Waals surface area contributed by atoms with E-state index in [1.54, 1.807) is 30.3 Å². The van der Waals surface area contributed by atoms with Gasteiger partial charge in [-0.15, -0.1) is 0 Å². The SMILES string of the molecule is NS(=O)(=O)Cc1cccc(NC(=O)c2ccccc2NC(=O)c2ccc([N+](=O)[O-])cc2Cl)c1. The second-order valence-electron chi connectivity index (χ2n) is 6.88. The molecule has 0 aliphatic heterocycles. The standard InChI is InChI=1S/C21H17ClN4O6S/c22-18-11-15(26(29)30)8-9-16(18)20(27)25-19-7-2-1-6-17(19)21(28)24-14-5-3-4-13(10-14)12-33(23,31)32/h1-11H,12H2,(H,24,28)(H,25,27)(H2,23,31,32). The van der Waals surface area contributed by atoms with Crippen LogP contribution in [0.2, 0.25) is 5.02 Å². The number of hydrogen-bond donors (Lipinski definition) is 3. The fraction of sp³-hybridized carbons (Fsp3) is 0.0476. The lowest BCUT2D eigenvalue weighted by molar-refractivity contribution is -0.384. The Morgan fingerprint density at radius 2 is 1.64 bits per heavy atom. The summed E-state index contributed by atoms with van der Waals surface area (Å²) in [6.45, 7) is 0. The topological polar surface area (TPSA) is 162 Å². The first-order chi connectivity index (χ1) is 15.5. The van der Waals surface area contributed by atoms with E-state index in [0.29, 0.717) is 11.3 Å². The summed E-state index contributed by atoms with van der Waals surface area (Å²) in [5, 5.41) is 21.0. The Hall–Kier alpha value is -3.80. The van der Waals surface area contributed by atoms with Crippen molar-refractivity contribution in [2.24, 2.45) is 5.14 Å². The molecule has 0 saturated heterocycles. The summed E-state index contributed by atoms with van der Waals surface area (Å²) in [7, 11) is -3.74. The number of para-hydroxylation sites is 1. The van der Waals surface area contributed by atoms with Crippen molar-refractivity contribution in [3.05, 3.63) is 98.6 Å². The zero-order valence-corrected chi connectivity index (χ0v) is 18.4. The molecule has 3 aromatic rings. The molecule has 0 spiro atoms. The summed E-state index contributed by atoms with van der Waals surface area (Å²) in [5.74, 6) is -1.61. The Balaban J connectivity index is 1.81. The molecule has 4 N–H and O–H groups in total. The third-order valence-electron chi connectivity index (χ3n) is 4.38. The van der Waals surface area contributed by atoms with Crippen molar-refractivity contribution in [3.63, 3.8) is 0 Å². The van der Waals surface area contributed by atoms with Crippen molar-refractivity contribution in [1.29, 1.82) is 0 Å². The second-order valence-corrected chi connectivity index (χ2v) is 8.90. The highest BCUT2D eigenvalue weighted by molar-refractivity contribution is 7.88. The van der Waals surface area contributed by atoms with Crippen LogP contribution in [0.1, 0.15) is 26.3 Å². The van der Waals surface area contributed by atoms with E-state index in [-0.39, 0.29) is 33.3 Å². The third kappa shape index (κ3) is 6.35. The largest absolute Gasteiger partial charge is 0.322 e. The number of nitrogens with two attached hydrogens (primary N) is 1. The molecule has 2 amide bonds. The first-order valence-electron chi connectivity index (χ1n) is 9.28. The van der Waals surface area contributed by atoms with Gasteiger partial charge in [-0.1, -0.05) is 35.9 Å². The molecule has 33 heavy (non-hydrogen) atoms. The van der Waals surface area contributed by atoms with Crippen LogP contribution >= 0.6 is 11.6 Å². The Bertz CT molecular complexity index is 1360. The van der Waals surface area contributed by atoms with E-state index in [4.69, 9.17) is 16.7 Å². The summed E-state index contributed by atoms with van der Waals surface area (Å²) in [6, 6.07) is 15.8. The van der Waals surface area contributed by atoms with Crippen LogP contribution in [0.4, 0.5) is 17.1 Å². The first-order valence-corrected chi connectivity index (χ1v) is 11.4. The van der Waals surface area contributed by atoms with Gasteiger partial charge in [-0.2, -0.15) is 0 Å². The quantitative estimate of drug-likeness (QED) is 0.340. The second kappa shape index (κ2) is 9.77. The highest BCUT2D eigenvalue weighted by Crippen LogP contribution is 2.25. The first kappa shape index (κ1) is 23.9. The number of nitrogens with zero attached hydrogens (tertiary/aromatic N) is 1. The normalized spacial score (nSPS) is 11.0. The summed E-state index contributed by atoms with van der Waals surface area (Å²) in [4.78, 5) is 35.7. The van der Waals surface area contributed by atoms with E-state index in [2.05, 4.69) is 10.6 Å². The molecule has 0 radical (unpaired) electrons. The number of sulfonamides is 1. The number of rotatable bonds is 7. The molecule has 0 bridgehead atoms. The molecule has 0 fully saturated rings. The number of primary sulfonamides is 1. The van der Waals surface area contributed by atoms with Crippen LogP contribution in [0, 0.1) is 10.1 Å². The third-order valence-corrected chi connectivity index (χ3v) is 5.43. The van der Waals surface area contributed by atoms with Crippen molar-refractivity contribution >= 4 is 50.5 Å². The molecule has 3 aromatic carbocycles. The van der Waals surface area contributed by atoms with Crippen LogP contribution in [-0.2, 0) is 15.8 Å². The number of hydrogen-bond acceptors (Lipinski definition) is 6. The van der Waals surface area contributed by atoms with E-state index in [1.807, 2.05) is 0 Å². The highest BCUT2D eigenvalue weighted by atomic mass is 35.5. The van der Waals surface area contributed by atoms with Gasteiger partial charge in [0.25, 0.3) is 17.5 Å². The summed E-state index contributed by atoms with van der Waals surface area (Å²) in [6.07, 6.45) is 0. The van der Waals surface area contributed by atoms with E-state index < -0.39 is 26.8 Å². The molecule has 0 aromatic heterocycles. The lowest BCUT2D eigenvalue weighted by Crippen LogP contribution is -2.19. The number of carbonyl (C=O) groups excluding carboxylic acids is 2. The van der Waals surface area contributed by atoms with Gasteiger partial charge in [-0.05, 0) is 35.9 Å². The smallest absolute Gasteiger partial charge is 0.270 e. The van der Waals surface area contributed by atoms with E-state index in [9.17, 15) is 28.1 Å². The van der Waals surface area contributed by atoms with Crippen molar-refractivity contribution in [1.82, 2.24) is 0 Å². The average molecular weight is 489 g/mol. The number of anilines is 2. The van der Waals surface area contributed by atoms with Crippen LogP contribution in [0.25, 0.3) is 0 Å². The van der Waals surface area contributed by atoms with Crippen LogP contribution in [0.15, 0.2) is 66.7 Å². The zero-order chi connectivity index (χ0) is 24.2. The summed E-state index contributed by atoms with van der Waals surface area (Å²) >= 11 is 6.01. The molecule has 12 heteroatoms. The lowest BCUT2D eigenvalue weighted by atomic mass is 10.1. The predicted octanol–water partition coefficient (Wildman–Crippen LogP) is 3.54. The molecule has 0 aliphatic rings. The van der Waals surface area contributed by atoms with Gasteiger partial charge in [-0.25, -0.2) is 13.6 Å². The predicted molar refractivity (Wildman–Crippen MR) is 124 cm³/mol. The highest BCUT2D eigenvalue weighted by Gasteiger charge is 2.18. The van der Waals surface area contributed by atoms with Gasteiger partial charge in [-0.3, -0.25) is 19.7 Å². The molecule has 0 aliphatic carbocycles. The van der Waals surface area contributed by atoms with Crippen molar-refractivity contribution in [2.75, 3.05) is 10.6 Å². The van der Waals surface area contributed by atoms with E-state index in [0.717, 1.165) is 12.1 Å². The number of carbonyl (C=O) groups is 2. The van der Waals surface area contributed by atoms with Crippen LogP contribution in [0.3, 0.4) is 0 Å². The number of amides is 2. The molecule has 3 rings (SSSR count). The van der Waals surface area contributed by atoms with Gasteiger partial charge >= 0.3 is 0 Å². The number of nitrogens with one attached hydrogen (secondary N) is 2.